The first-order valence-corrected chi connectivity index (χ1v) is 7.68. The van der Waals surface area contributed by atoms with Gasteiger partial charge in [-0.15, -0.1) is 0 Å². The molecule has 1 N–H and O–H groups in total. The van der Waals surface area contributed by atoms with Crippen LogP contribution in [0, 0.1) is 5.82 Å². The molecule has 1 aromatic carbocycles. The third-order valence-electron chi connectivity index (χ3n) is 3.29. The van der Waals surface area contributed by atoms with Crippen LogP contribution in [0.5, 0.6) is 0 Å². The second-order valence-corrected chi connectivity index (χ2v) is 5.73. The van der Waals surface area contributed by atoms with Gasteiger partial charge in [0.25, 0.3) is 0 Å². The monoisotopic (exact) mass is 339 g/mol. The summed E-state index contributed by atoms with van der Waals surface area (Å²) in [5.41, 5.74) is 0.741. The van der Waals surface area contributed by atoms with E-state index < -0.39 is 0 Å². The Morgan fingerprint density at radius 2 is 2.20 bits per heavy atom. The Morgan fingerprint density at radius 3 is 2.90 bits per heavy atom. The lowest BCUT2D eigenvalue weighted by Gasteiger charge is -2.18. The van der Waals surface area contributed by atoms with E-state index >= 15 is 0 Å². The minimum atomic E-state index is -0.144. The molecule has 0 spiro atoms. The first kappa shape index (κ1) is 15.3. The van der Waals surface area contributed by atoms with Crippen LogP contribution in [0.1, 0.15) is 24.7 Å². The number of nitrogens with one attached hydrogen (secondary N) is 1. The van der Waals surface area contributed by atoms with E-state index in [0.29, 0.717) is 6.42 Å². The summed E-state index contributed by atoms with van der Waals surface area (Å²) in [6, 6.07) is 9.20. The lowest BCUT2D eigenvalue weighted by molar-refractivity contribution is 0.443. The second kappa shape index (κ2) is 7.60. The number of likely N-dealkylation sites (N-methyl/N-ethyl adjacent to an activating group) is 1. The Kier molecular flexibility index (Phi) is 5.80. The summed E-state index contributed by atoms with van der Waals surface area (Å²) in [6.07, 6.45) is 4.15. The summed E-state index contributed by atoms with van der Waals surface area (Å²) in [5.74, 6) is 0.830. The number of aryl methyl sites for hydroxylation is 1. The molecule has 1 atom stereocenters. The van der Waals surface area contributed by atoms with Gasteiger partial charge in [0.2, 0.25) is 0 Å². The number of benzene rings is 1. The maximum atomic E-state index is 13.8. The van der Waals surface area contributed by atoms with Gasteiger partial charge in [-0.3, -0.25) is 0 Å². The molecule has 1 unspecified atom stereocenters. The highest BCUT2D eigenvalue weighted by atomic mass is 79.9. The van der Waals surface area contributed by atoms with E-state index in [1.54, 1.807) is 12.3 Å². The third kappa shape index (κ3) is 4.46. The van der Waals surface area contributed by atoms with E-state index in [1.807, 2.05) is 18.2 Å². The molecule has 0 aliphatic carbocycles. The van der Waals surface area contributed by atoms with Gasteiger partial charge >= 0.3 is 0 Å². The molecule has 0 radical (unpaired) electrons. The summed E-state index contributed by atoms with van der Waals surface area (Å²) in [4.78, 5) is 0. The number of rotatable bonds is 7. The van der Waals surface area contributed by atoms with Crippen molar-refractivity contribution in [1.29, 1.82) is 0 Å². The Labute approximate surface area is 127 Å². The molecule has 0 saturated heterocycles. The fourth-order valence-electron chi connectivity index (χ4n) is 2.30. The van der Waals surface area contributed by atoms with Crippen LogP contribution in [0.15, 0.2) is 45.5 Å². The molecule has 0 aliphatic heterocycles. The molecule has 2 nitrogen and oxygen atoms in total. The van der Waals surface area contributed by atoms with Gasteiger partial charge in [-0.25, -0.2) is 4.39 Å². The highest BCUT2D eigenvalue weighted by Crippen LogP contribution is 2.18. The van der Waals surface area contributed by atoms with Crippen molar-refractivity contribution in [2.24, 2.45) is 0 Å². The summed E-state index contributed by atoms with van der Waals surface area (Å²) in [6.45, 7) is 2.94. The molecule has 0 aliphatic rings. The molecule has 1 aromatic heterocycles. The van der Waals surface area contributed by atoms with Gasteiger partial charge < -0.3 is 9.73 Å². The van der Waals surface area contributed by atoms with Crippen molar-refractivity contribution in [3.05, 3.63) is 58.2 Å². The Hall–Kier alpha value is -1.13. The zero-order chi connectivity index (χ0) is 14.4. The van der Waals surface area contributed by atoms with Gasteiger partial charge in [0.05, 0.1) is 6.26 Å². The minimum absolute atomic E-state index is 0.144. The molecule has 0 amide bonds. The molecule has 108 valence electrons. The molecular weight excluding hydrogens is 321 g/mol. The van der Waals surface area contributed by atoms with Crippen LogP contribution in [-0.4, -0.2) is 12.6 Å². The molecule has 20 heavy (non-hydrogen) atoms. The van der Waals surface area contributed by atoms with Crippen molar-refractivity contribution in [3.8, 4) is 0 Å². The van der Waals surface area contributed by atoms with E-state index in [4.69, 9.17) is 4.42 Å². The summed E-state index contributed by atoms with van der Waals surface area (Å²) >= 11 is 3.39. The van der Waals surface area contributed by atoms with Crippen LogP contribution >= 0.6 is 15.9 Å². The van der Waals surface area contributed by atoms with Gasteiger partial charge in [-0.1, -0.05) is 22.9 Å². The molecule has 0 fully saturated rings. The second-order valence-electron chi connectivity index (χ2n) is 4.81. The molecule has 0 saturated carbocycles. The minimum Gasteiger partial charge on any atom is -0.469 e. The third-order valence-corrected chi connectivity index (χ3v) is 3.78. The van der Waals surface area contributed by atoms with Gasteiger partial charge in [0.15, 0.2) is 0 Å². The van der Waals surface area contributed by atoms with Crippen molar-refractivity contribution in [2.75, 3.05) is 6.54 Å². The van der Waals surface area contributed by atoms with Crippen LogP contribution in [0.3, 0.4) is 0 Å². The predicted octanol–water partition coefficient (Wildman–Crippen LogP) is 4.33. The highest BCUT2D eigenvalue weighted by Gasteiger charge is 2.13. The Balaban J connectivity index is 1.99. The van der Waals surface area contributed by atoms with E-state index in [2.05, 4.69) is 28.2 Å². The molecule has 0 bridgehead atoms. The maximum absolute atomic E-state index is 13.8. The largest absolute Gasteiger partial charge is 0.469 e. The van der Waals surface area contributed by atoms with Crippen molar-refractivity contribution in [3.63, 3.8) is 0 Å². The van der Waals surface area contributed by atoms with Gasteiger partial charge in [0.1, 0.15) is 11.6 Å². The van der Waals surface area contributed by atoms with Crippen molar-refractivity contribution < 1.29 is 8.81 Å². The van der Waals surface area contributed by atoms with Gasteiger partial charge in [-0.2, -0.15) is 0 Å². The normalized spacial score (nSPS) is 12.6. The Bertz CT molecular complexity index is 527. The zero-order valence-corrected chi connectivity index (χ0v) is 13.1. The maximum Gasteiger partial charge on any atom is 0.126 e. The molecular formula is C16H19BrFNO. The summed E-state index contributed by atoms with van der Waals surface area (Å²) in [5, 5.41) is 3.42. The quantitative estimate of drug-likeness (QED) is 0.811. The lowest BCUT2D eigenvalue weighted by atomic mass is 10.0. The van der Waals surface area contributed by atoms with E-state index in [-0.39, 0.29) is 11.9 Å². The molecule has 4 heteroatoms. The van der Waals surface area contributed by atoms with Gasteiger partial charge in [-0.05, 0) is 55.3 Å². The SMILES string of the molecule is CCNC(CCc1ccco1)Cc1cc(Br)ccc1F. The zero-order valence-electron chi connectivity index (χ0n) is 11.5. The molecule has 1 heterocycles. The highest BCUT2D eigenvalue weighted by molar-refractivity contribution is 9.10. The van der Waals surface area contributed by atoms with Crippen LogP contribution in [0.4, 0.5) is 4.39 Å². The van der Waals surface area contributed by atoms with Crippen LogP contribution < -0.4 is 5.32 Å². The first-order valence-electron chi connectivity index (χ1n) is 6.88. The Morgan fingerprint density at radius 1 is 1.35 bits per heavy atom. The number of furan rings is 1. The predicted molar refractivity (Wildman–Crippen MR) is 82.3 cm³/mol. The number of hydrogen-bond acceptors (Lipinski definition) is 2. The summed E-state index contributed by atoms with van der Waals surface area (Å²) < 4.78 is 20.1. The average molecular weight is 340 g/mol. The number of hydrogen-bond donors (Lipinski definition) is 1. The van der Waals surface area contributed by atoms with Crippen LogP contribution in [0.25, 0.3) is 0 Å². The number of halogens is 2. The van der Waals surface area contributed by atoms with E-state index in [9.17, 15) is 4.39 Å². The van der Waals surface area contributed by atoms with E-state index in [0.717, 1.165) is 35.2 Å². The smallest absolute Gasteiger partial charge is 0.126 e. The fraction of sp³-hybridized carbons (Fsp3) is 0.375. The van der Waals surface area contributed by atoms with Crippen molar-refractivity contribution in [1.82, 2.24) is 5.32 Å². The fourth-order valence-corrected chi connectivity index (χ4v) is 2.71. The first-order chi connectivity index (χ1) is 9.69. The summed E-state index contributed by atoms with van der Waals surface area (Å²) in [7, 11) is 0. The van der Waals surface area contributed by atoms with Crippen molar-refractivity contribution >= 4 is 15.9 Å². The molecule has 2 rings (SSSR count). The standard InChI is InChI=1S/C16H19BrFNO/c1-2-19-14(6-7-15-4-3-9-20-15)11-12-10-13(17)5-8-16(12)18/h3-5,8-10,14,19H,2,6-7,11H2,1H3. The lowest BCUT2D eigenvalue weighted by Crippen LogP contribution is -2.31. The van der Waals surface area contributed by atoms with Crippen molar-refractivity contribution in [2.45, 2.75) is 32.2 Å². The van der Waals surface area contributed by atoms with E-state index in [1.165, 1.54) is 6.07 Å². The van der Waals surface area contributed by atoms with Crippen LogP contribution in [-0.2, 0) is 12.8 Å². The van der Waals surface area contributed by atoms with Gasteiger partial charge in [0, 0.05) is 16.9 Å². The van der Waals surface area contributed by atoms with Crippen LogP contribution in [0.2, 0.25) is 0 Å². The molecule has 2 aromatic rings. The topological polar surface area (TPSA) is 25.2 Å². The average Bonchev–Trinajstić information content (AvgIpc) is 2.93.